The topological polar surface area (TPSA) is 39.9 Å². The van der Waals surface area contributed by atoms with Gasteiger partial charge in [-0.1, -0.05) is 61.0 Å². The van der Waals surface area contributed by atoms with Crippen molar-refractivity contribution in [3.8, 4) is 16.9 Å². The smallest absolute Gasteiger partial charge is 0.193 e. The molecule has 0 bridgehead atoms. The third kappa shape index (κ3) is 4.59. The molecule has 2 aromatic carbocycles. The molecule has 24 heavy (non-hydrogen) atoms. The highest BCUT2D eigenvalue weighted by Gasteiger charge is 2.13. The van der Waals surface area contributed by atoms with Gasteiger partial charge in [-0.05, 0) is 29.7 Å². The average molecular weight is 344 g/mol. The first kappa shape index (κ1) is 18.0. The van der Waals surface area contributed by atoms with Crippen molar-refractivity contribution in [1.29, 1.82) is 0 Å². The highest BCUT2D eigenvalue weighted by molar-refractivity contribution is 5.85. The fraction of sp³-hybridized carbons (Fsp3) is 0.263. The van der Waals surface area contributed by atoms with Gasteiger partial charge in [0.05, 0.1) is 6.20 Å². The van der Waals surface area contributed by atoms with Crippen molar-refractivity contribution in [3.05, 3.63) is 67.0 Å². The quantitative estimate of drug-likeness (QED) is 0.596. The molecule has 126 valence electrons. The lowest BCUT2D eigenvalue weighted by molar-refractivity contribution is 0.104. The van der Waals surface area contributed by atoms with Crippen molar-refractivity contribution in [2.75, 3.05) is 0 Å². The molecule has 0 aliphatic carbocycles. The lowest BCUT2D eigenvalue weighted by Crippen LogP contribution is -2.16. The molecular formula is C19H22ClN3O. The second-order valence-corrected chi connectivity index (χ2v) is 5.49. The van der Waals surface area contributed by atoms with Crippen LogP contribution in [-0.2, 0) is 0 Å². The van der Waals surface area contributed by atoms with Crippen molar-refractivity contribution in [1.82, 2.24) is 15.0 Å². The van der Waals surface area contributed by atoms with Crippen LogP contribution in [0.4, 0.5) is 0 Å². The van der Waals surface area contributed by atoms with Crippen LogP contribution in [0.15, 0.2) is 67.0 Å². The minimum atomic E-state index is -0.111. The summed E-state index contributed by atoms with van der Waals surface area (Å²) in [6.45, 7) is 2.17. The van der Waals surface area contributed by atoms with E-state index in [1.165, 1.54) is 11.1 Å². The van der Waals surface area contributed by atoms with E-state index in [0.29, 0.717) is 0 Å². The second-order valence-electron chi connectivity index (χ2n) is 5.49. The predicted octanol–water partition coefficient (Wildman–Crippen LogP) is 5.13. The highest BCUT2D eigenvalue weighted by atomic mass is 35.5. The molecule has 3 rings (SSSR count). The van der Waals surface area contributed by atoms with Gasteiger partial charge in [-0.2, -0.15) is 0 Å². The van der Waals surface area contributed by atoms with Crippen LogP contribution >= 0.6 is 12.4 Å². The Morgan fingerprint density at radius 3 is 2.33 bits per heavy atom. The van der Waals surface area contributed by atoms with Crippen LogP contribution in [0.3, 0.4) is 0 Å². The Labute approximate surface area is 148 Å². The molecule has 0 aliphatic rings. The van der Waals surface area contributed by atoms with Crippen LogP contribution in [0.2, 0.25) is 0 Å². The van der Waals surface area contributed by atoms with Gasteiger partial charge in [0, 0.05) is 12.6 Å². The Morgan fingerprint density at radius 2 is 1.71 bits per heavy atom. The largest absolute Gasteiger partial charge is 0.469 e. The van der Waals surface area contributed by atoms with E-state index >= 15 is 0 Å². The first-order valence-electron chi connectivity index (χ1n) is 8.05. The number of benzene rings is 2. The Bertz CT molecular complexity index is 699. The lowest BCUT2D eigenvalue weighted by Gasteiger charge is -2.19. The van der Waals surface area contributed by atoms with Crippen LogP contribution in [0.25, 0.3) is 11.1 Å². The van der Waals surface area contributed by atoms with Crippen LogP contribution in [0, 0.1) is 0 Å². The molecule has 1 heterocycles. The summed E-state index contributed by atoms with van der Waals surface area (Å²) in [6.07, 6.45) is 6.55. The van der Waals surface area contributed by atoms with Crippen molar-refractivity contribution in [2.45, 2.75) is 32.4 Å². The molecule has 0 aliphatic heterocycles. The molecule has 0 fully saturated rings. The monoisotopic (exact) mass is 343 g/mol. The lowest BCUT2D eigenvalue weighted by atomic mass is 10.1. The van der Waals surface area contributed by atoms with E-state index in [1.807, 2.05) is 36.5 Å². The standard InChI is InChI=1S/C19H21N3O.ClH/c1-2-3-9-19(22-15-14-20-21-22)23-18-12-10-17(11-13-18)16-7-5-4-6-8-16;/h4-8,10-15,19H,2-3,9H2,1H3;1H. The van der Waals surface area contributed by atoms with Gasteiger partial charge in [-0.25, -0.2) is 4.68 Å². The Hall–Kier alpha value is -2.33. The maximum Gasteiger partial charge on any atom is 0.193 e. The van der Waals surface area contributed by atoms with Gasteiger partial charge >= 0.3 is 0 Å². The van der Waals surface area contributed by atoms with Gasteiger partial charge in [-0.15, -0.1) is 17.5 Å². The number of nitrogens with zero attached hydrogens (tertiary/aromatic N) is 3. The van der Waals surface area contributed by atoms with Gasteiger partial charge in [0.2, 0.25) is 0 Å². The van der Waals surface area contributed by atoms with E-state index in [4.69, 9.17) is 4.74 Å². The molecule has 1 aromatic heterocycles. The number of rotatable bonds is 7. The van der Waals surface area contributed by atoms with Gasteiger partial charge in [0.1, 0.15) is 5.75 Å². The van der Waals surface area contributed by atoms with E-state index in [1.54, 1.807) is 10.9 Å². The van der Waals surface area contributed by atoms with Crippen LogP contribution < -0.4 is 4.74 Å². The number of halogens is 1. The molecule has 3 aromatic rings. The molecule has 0 radical (unpaired) electrons. The van der Waals surface area contributed by atoms with Gasteiger partial charge in [-0.3, -0.25) is 0 Å². The van der Waals surface area contributed by atoms with E-state index in [2.05, 4.69) is 41.5 Å². The van der Waals surface area contributed by atoms with E-state index < -0.39 is 0 Å². The third-order valence-corrected chi connectivity index (χ3v) is 3.77. The summed E-state index contributed by atoms with van der Waals surface area (Å²) in [6, 6.07) is 18.5. The minimum absolute atomic E-state index is 0. The molecule has 0 amide bonds. The SMILES string of the molecule is CCCCC(Oc1ccc(-c2ccccc2)cc1)n1ccnn1.Cl. The summed E-state index contributed by atoms with van der Waals surface area (Å²) in [7, 11) is 0. The van der Waals surface area contributed by atoms with E-state index in [0.717, 1.165) is 25.0 Å². The van der Waals surface area contributed by atoms with Crippen molar-refractivity contribution >= 4 is 12.4 Å². The molecule has 4 nitrogen and oxygen atoms in total. The zero-order valence-electron chi connectivity index (χ0n) is 13.7. The average Bonchev–Trinajstić information content (AvgIpc) is 3.14. The Kier molecular flexibility index (Phi) is 6.82. The number of unbranched alkanes of at least 4 members (excludes halogenated alkanes) is 1. The third-order valence-electron chi connectivity index (χ3n) is 3.77. The van der Waals surface area contributed by atoms with Crippen LogP contribution in [-0.4, -0.2) is 15.0 Å². The maximum absolute atomic E-state index is 6.11. The molecule has 0 spiro atoms. The fourth-order valence-corrected chi connectivity index (χ4v) is 2.51. The molecule has 1 atom stereocenters. The summed E-state index contributed by atoms with van der Waals surface area (Å²) < 4.78 is 7.89. The Morgan fingerprint density at radius 1 is 1.00 bits per heavy atom. The second kappa shape index (κ2) is 9.08. The summed E-state index contributed by atoms with van der Waals surface area (Å²) in [5.74, 6) is 0.848. The molecular weight excluding hydrogens is 322 g/mol. The molecule has 5 heteroatoms. The summed E-state index contributed by atoms with van der Waals surface area (Å²) in [4.78, 5) is 0. The van der Waals surface area contributed by atoms with E-state index in [-0.39, 0.29) is 18.6 Å². The van der Waals surface area contributed by atoms with Gasteiger partial charge in [0.25, 0.3) is 0 Å². The van der Waals surface area contributed by atoms with Crippen LogP contribution in [0.5, 0.6) is 5.75 Å². The summed E-state index contributed by atoms with van der Waals surface area (Å²) in [5.41, 5.74) is 2.39. The van der Waals surface area contributed by atoms with Crippen molar-refractivity contribution in [2.24, 2.45) is 0 Å². The number of ether oxygens (including phenoxy) is 1. The van der Waals surface area contributed by atoms with Gasteiger partial charge in [0.15, 0.2) is 6.23 Å². The number of hydrogen-bond donors (Lipinski definition) is 0. The number of aromatic nitrogens is 3. The zero-order valence-corrected chi connectivity index (χ0v) is 14.5. The van der Waals surface area contributed by atoms with Crippen molar-refractivity contribution in [3.63, 3.8) is 0 Å². The molecule has 1 unspecified atom stereocenters. The van der Waals surface area contributed by atoms with E-state index in [9.17, 15) is 0 Å². The molecule has 0 saturated heterocycles. The maximum atomic E-state index is 6.11. The van der Waals surface area contributed by atoms with Gasteiger partial charge < -0.3 is 4.74 Å². The molecule has 0 N–H and O–H groups in total. The molecule has 0 saturated carbocycles. The predicted molar refractivity (Wildman–Crippen MR) is 98.3 cm³/mol. The normalized spacial score (nSPS) is 11.5. The minimum Gasteiger partial charge on any atom is -0.469 e. The summed E-state index contributed by atoms with van der Waals surface area (Å²) >= 11 is 0. The number of hydrogen-bond acceptors (Lipinski definition) is 3. The van der Waals surface area contributed by atoms with Crippen LogP contribution in [0.1, 0.15) is 32.4 Å². The van der Waals surface area contributed by atoms with Crippen molar-refractivity contribution < 1.29 is 4.74 Å². The first-order valence-corrected chi connectivity index (χ1v) is 8.05. The Balaban J connectivity index is 0.00000208. The first-order chi connectivity index (χ1) is 11.4. The summed E-state index contributed by atoms with van der Waals surface area (Å²) in [5, 5.41) is 7.95. The fourth-order valence-electron chi connectivity index (χ4n) is 2.51. The highest BCUT2D eigenvalue weighted by Crippen LogP contribution is 2.25. The zero-order chi connectivity index (χ0) is 15.9.